The van der Waals surface area contributed by atoms with Crippen molar-refractivity contribution >= 4 is 17.2 Å². The van der Waals surface area contributed by atoms with Crippen LogP contribution in [0.15, 0.2) is 53.9 Å². The third kappa shape index (κ3) is 3.32. The number of anilines is 1. The smallest absolute Gasteiger partial charge is 0.125 e. The maximum absolute atomic E-state index is 9.18. The van der Waals surface area contributed by atoms with E-state index in [1.54, 1.807) is 11.3 Å². The molecule has 4 nitrogen and oxygen atoms in total. The van der Waals surface area contributed by atoms with E-state index in [0.29, 0.717) is 6.54 Å². The molecule has 21 heavy (non-hydrogen) atoms. The second kappa shape index (κ2) is 6.56. The predicted octanol–water partition coefficient (Wildman–Crippen LogP) is 3.22. The molecule has 108 valence electrons. The molecule has 0 unspecified atom stereocenters. The summed E-state index contributed by atoms with van der Waals surface area (Å²) in [6.45, 7) is 1.30. The summed E-state index contributed by atoms with van der Waals surface area (Å²) in [5.74, 6) is 0.927. The summed E-state index contributed by atoms with van der Waals surface area (Å²) in [4.78, 5) is 1.13. The van der Waals surface area contributed by atoms with Crippen LogP contribution in [0.3, 0.4) is 0 Å². The van der Waals surface area contributed by atoms with Gasteiger partial charge in [0.1, 0.15) is 11.5 Å². The Morgan fingerprint density at radius 3 is 2.71 bits per heavy atom. The number of aliphatic hydroxyl groups is 1. The van der Waals surface area contributed by atoms with Gasteiger partial charge in [-0.25, -0.2) is 4.68 Å². The minimum absolute atomic E-state index is 0.0750. The first kappa shape index (κ1) is 13.9. The zero-order chi connectivity index (χ0) is 14.5. The highest BCUT2D eigenvalue weighted by molar-refractivity contribution is 7.13. The van der Waals surface area contributed by atoms with Gasteiger partial charge in [-0.3, -0.25) is 0 Å². The van der Waals surface area contributed by atoms with E-state index in [1.807, 2.05) is 40.4 Å². The third-order valence-corrected chi connectivity index (χ3v) is 4.07. The number of nitrogens with one attached hydrogen (secondary N) is 1. The number of rotatable bonds is 6. The van der Waals surface area contributed by atoms with E-state index in [1.165, 1.54) is 5.56 Å². The van der Waals surface area contributed by atoms with Gasteiger partial charge >= 0.3 is 0 Å². The van der Waals surface area contributed by atoms with Gasteiger partial charge < -0.3 is 10.4 Å². The van der Waals surface area contributed by atoms with Crippen LogP contribution >= 0.6 is 11.3 Å². The SMILES string of the molecule is OCCn1nc(-c2cccs2)cc1NCc1ccccc1. The van der Waals surface area contributed by atoms with Crippen LogP contribution in [0.2, 0.25) is 0 Å². The maximum atomic E-state index is 9.18. The van der Waals surface area contributed by atoms with E-state index < -0.39 is 0 Å². The van der Waals surface area contributed by atoms with E-state index in [2.05, 4.69) is 28.6 Å². The molecule has 0 aliphatic rings. The van der Waals surface area contributed by atoms with Crippen LogP contribution in [-0.4, -0.2) is 21.5 Å². The average molecular weight is 299 g/mol. The lowest BCUT2D eigenvalue weighted by molar-refractivity contribution is 0.270. The lowest BCUT2D eigenvalue weighted by Gasteiger charge is -2.08. The molecule has 0 saturated carbocycles. The minimum atomic E-state index is 0.0750. The van der Waals surface area contributed by atoms with Gasteiger partial charge in [0.15, 0.2) is 0 Å². The van der Waals surface area contributed by atoms with Crippen LogP contribution in [0.4, 0.5) is 5.82 Å². The maximum Gasteiger partial charge on any atom is 0.125 e. The van der Waals surface area contributed by atoms with E-state index in [-0.39, 0.29) is 6.61 Å². The van der Waals surface area contributed by atoms with Gasteiger partial charge in [0.25, 0.3) is 0 Å². The van der Waals surface area contributed by atoms with Gasteiger partial charge in [-0.15, -0.1) is 11.3 Å². The zero-order valence-corrected chi connectivity index (χ0v) is 12.4. The molecule has 5 heteroatoms. The zero-order valence-electron chi connectivity index (χ0n) is 11.6. The molecule has 1 aromatic carbocycles. The molecular weight excluding hydrogens is 282 g/mol. The van der Waals surface area contributed by atoms with E-state index >= 15 is 0 Å². The fourth-order valence-electron chi connectivity index (χ4n) is 2.16. The summed E-state index contributed by atoms with van der Waals surface area (Å²) >= 11 is 1.66. The highest BCUT2D eigenvalue weighted by Crippen LogP contribution is 2.26. The van der Waals surface area contributed by atoms with Gasteiger partial charge in [0.2, 0.25) is 0 Å². The van der Waals surface area contributed by atoms with Gasteiger partial charge in [0, 0.05) is 12.6 Å². The van der Waals surface area contributed by atoms with Crippen LogP contribution in [0.25, 0.3) is 10.6 Å². The van der Waals surface area contributed by atoms with Crippen LogP contribution < -0.4 is 5.32 Å². The fraction of sp³-hybridized carbons (Fsp3) is 0.188. The Labute approximate surface area is 127 Å². The number of nitrogens with zero attached hydrogens (tertiary/aromatic N) is 2. The van der Waals surface area contributed by atoms with E-state index in [4.69, 9.17) is 0 Å². The molecule has 0 aliphatic heterocycles. The molecule has 0 radical (unpaired) electrons. The van der Waals surface area contributed by atoms with Gasteiger partial charge in [0.05, 0.1) is 18.0 Å². The summed E-state index contributed by atoms with van der Waals surface area (Å²) < 4.78 is 1.82. The fourth-order valence-corrected chi connectivity index (χ4v) is 2.84. The summed E-state index contributed by atoms with van der Waals surface area (Å²) in [7, 11) is 0. The first-order valence-electron chi connectivity index (χ1n) is 6.87. The lowest BCUT2D eigenvalue weighted by Crippen LogP contribution is -2.10. The average Bonchev–Trinajstić information content (AvgIpc) is 3.16. The lowest BCUT2D eigenvalue weighted by atomic mass is 10.2. The minimum Gasteiger partial charge on any atom is -0.394 e. The largest absolute Gasteiger partial charge is 0.394 e. The van der Waals surface area contributed by atoms with Gasteiger partial charge in [-0.2, -0.15) is 5.10 Å². The molecule has 2 aromatic heterocycles. The Kier molecular flexibility index (Phi) is 4.33. The summed E-state index contributed by atoms with van der Waals surface area (Å²) in [6.07, 6.45) is 0. The molecule has 0 fully saturated rings. The standard InChI is InChI=1S/C16H17N3OS/c20-9-8-19-16(17-12-13-5-2-1-3-6-13)11-14(18-19)15-7-4-10-21-15/h1-7,10-11,17,20H,8-9,12H2. The van der Waals surface area contributed by atoms with Gasteiger partial charge in [-0.1, -0.05) is 36.4 Å². The molecule has 0 atom stereocenters. The summed E-state index contributed by atoms with van der Waals surface area (Å²) in [5.41, 5.74) is 2.15. The number of aliphatic hydroxyl groups excluding tert-OH is 1. The molecule has 0 bridgehead atoms. The highest BCUT2D eigenvalue weighted by atomic mass is 32.1. The van der Waals surface area contributed by atoms with Gasteiger partial charge in [-0.05, 0) is 17.0 Å². The second-order valence-corrected chi connectivity index (χ2v) is 5.63. The topological polar surface area (TPSA) is 50.1 Å². The molecule has 3 aromatic rings. The Hall–Kier alpha value is -2.11. The van der Waals surface area contributed by atoms with Crippen molar-refractivity contribution in [2.75, 3.05) is 11.9 Å². The Balaban J connectivity index is 1.79. The number of thiophene rings is 1. The number of hydrogen-bond acceptors (Lipinski definition) is 4. The van der Waals surface area contributed by atoms with E-state index in [0.717, 1.165) is 22.9 Å². The second-order valence-electron chi connectivity index (χ2n) is 4.68. The molecule has 0 aliphatic carbocycles. The molecule has 0 saturated heterocycles. The predicted molar refractivity (Wildman–Crippen MR) is 86.4 cm³/mol. The normalized spacial score (nSPS) is 10.7. The molecule has 2 N–H and O–H groups in total. The molecular formula is C16H17N3OS. The Morgan fingerprint density at radius 1 is 1.14 bits per heavy atom. The van der Waals surface area contributed by atoms with Crippen molar-refractivity contribution in [3.05, 3.63) is 59.5 Å². The van der Waals surface area contributed by atoms with Crippen molar-refractivity contribution in [2.24, 2.45) is 0 Å². The Bertz CT molecular complexity index is 677. The summed E-state index contributed by atoms with van der Waals surface area (Å²) in [5, 5.41) is 19.2. The van der Waals surface area contributed by atoms with Crippen molar-refractivity contribution in [1.29, 1.82) is 0 Å². The highest BCUT2D eigenvalue weighted by Gasteiger charge is 2.09. The molecule has 2 heterocycles. The van der Waals surface area contributed by atoms with Crippen molar-refractivity contribution in [3.8, 4) is 10.6 Å². The van der Waals surface area contributed by atoms with Crippen molar-refractivity contribution in [2.45, 2.75) is 13.1 Å². The molecule has 0 spiro atoms. The van der Waals surface area contributed by atoms with E-state index in [9.17, 15) is 5.11 Å². The van der Waals surface area contributed by atoms with Crippen molar-refractivity contribution in [1.82, 2.24) is 9.78 Å². The number of benzene rings is 1. The van der Waals surface area contributed by atoms with Crippen LogP contribution in [-0.2, 0) is 13.1 Å². The quantitative estimate of drug-likeness (QED) is 0.735. The third-order valence-electron chi connectivity index (χ3n) is 3.18. The summed E-state index contributed by atoms with van der Waals surface area (Å²) in [6, 6.07) is 16.3. The number of hydrogen-bond donors (Lipinski definition) is 2. The van der Waals surface area contributed by atoms with Crippen LogP contribution in [0.1, 0.15) is 5.56 Å². The number of aromatic nitrogens is 2. The molecule has 3 rings (SSSR count). The van der Waals surface area contributed by atoms with Crippen molar-refractivity contribution < 1.29 is 5.11 Å². The molecule has 0 amide bonds. The first-order chi connectivity index (χ1) is 10.4. The van der Waals surface area contributed by atoms with Crippen molar-refractivity contribution in [3.63, 3.8) is 0 Å². The van der Waals surface area contributed by atoms with Crippen LogP contribution in [0.5, 0.6) is 0 Å². The first-order valence-corrected chi connectivity index (χ1v) is 7.75. The monoisotopic (exact) mass is 299 g/mol. The Morgan fingerprint density at radius 2 is 2.00 bits per heavy atom. The van der Waals surface area contributed by atoms with Crippen LogP contribution in [0, 0.1) is 0 Å².